The van der Waals surface area contributed by atoms with Gasteiger partial charge in [0.1, 0.15) is 11.4 Å². The first-order valence-corrected chi connectivity index (χ1v) is 7.51. The molecule has 0 saturated carbocycles. The average Bonchev–Trinajstić information content (AvgIpc) is 2.92. The third kappa shape index (κ3) is 3.10. The van der Waals surface area contributed by atoms with Gasteiger partial charge in [-0.15, -0.1) is 0 Å². The van der Waals surface area contributed by atoms with Crippen LogP contribution in [-0.4, -0.2) is 19.0 Å². The van der Waals surface area contributed by atoms with Gasteiger partial charge in [-0.05, 0) is 48.0 Å². The Morgan fingerprint density at radius 1 is 1.17 bits per heavy atom. The molecule has 1 heterocycles. The molecule has 1 aliphatic rings. The summed E-state index contributed by atoms with van der Waals surface area (Å²) in [6.07, 6.45) is 1.69. The number of ether oxygens (including phenoxy) is 1. The van der Waals surface area contributed by atoms with Gasteiger partial charge < -0.3 is 4.74 Å². The summed E-state index contributed by atoms with van der Waals surface area (Å²) < 4.78 is 5.12. The number of anilines is 1. The number of methoxy groups -OCH3 is 1. The molecule has 0 spiro atoms. The second-order valence-corrected chi connectivity index (χ2v) is 5.44. The van der Waals surface area contributed by atoms with Crippen LogP contribution in [0.1, 0.15) is 5.56 Å². The molecule has 24 heavy (non-hydrogen) atoms. The van der Waals surface area contributed by atoms with Crippen molar-refractivity contribution in [1.82, 2.24) is 5.43 Å². The first-order chi connectivity index (χ1) is 11.6. The van der Waals surface area contributed by atoms with Crippen LogP contribution in [0.25, 0.3) is 6.08 Å². The Hall–Kier alpha value is -2.83. The Morgan fingerprint density at radius 3 is 2.42 bits per heavy atom. The van der Waals surface area contributed by atoms with E-state index in [9.17, 15) is 4.79 Å². The van der Waals surface area contributed by atoms with E-state index in [0.717, 1.165) is 11.3 Å². The highest BCUT2D eigenvalue weighted by molar-refractivity contribution is 6.31. The highest BCUT2D eigenvalue weighted by atomic mass is 35.5. The minimum Gasteiger partial charge on any atom is -0.497 e. The number of carbonyl (C=O) groups excluding carboxylic acids is 1. The molecule has 3 N–H and O–H groups in total. The fourth-order valence-corrected chi connectivity index (χ4v) is 2.43. The fourth-order valence-electron chi connectivity index (χ4n) is 2.30. The van der Waals surface area contributed by atoms with E-state index < -0.39 is 0 Å². The van der Waals surface area contributed by atoms with E-state index >= 15 is 0 Å². The largest absolute Gasteiger partial charge is 0.497 e. The van der Waals surface area contributed by atoms with Crippen molar-refractivity contribution >= 4 is 35.2 Å². The number of guanidine groups is 1. The van der Waals surface area contributed by atoms with Crippen molar-refractivity contribution in [3.05, 3.63) is 64.8 Å². The summed E-state index contributed by atoms with van der Waals surface area (Å²) >= 11 is 5.89. The van der Waals surface area contributed by atoms with Crippen LogP contribution in [0.2, 0.25) is 5.02 Å². The average molecular weight is 343 g/mol. The first-order valence-electron chi connectivity index (χ1n) is 7.13. The van der Waals surface area contributed by atoms with Crippen LogP contribution in [0.3, 0.4) is 0 Å². The van der Waals surface area contributed by atoms with Gasteiger partial charge in [-0.1, -0.05) is 23.7 Å². The van der Waals surface area contributed by atoms with Crippen LogP contribution in [-0.2, 0) is 4.79 Å². The maximum absolute atomic E-state index is 12.7. The molecular weight excluding hydrogens is 328 g/mol. The van der Waals surface area contributed by atoms with E-state index in [1.165, 1.54) is 4.90 Å². The molecule has 3 rings (SSSR count). The number of nitrogens with zero attached hydrogens (tertiary/aromatic N) is 2. The third-order valence-electron chi connectivity index (χ3n) is 3.49. The van der Waals surface area contributed by atoms with Crippen molar-refractivity contribution in [1.29, 1.82) is 0 Å². The molecule has 0 bridgehead atoms. The molecule has 0 fully saturated rings. The zero-order valence-electron chi connectivity index (χ0n) is 12.9. The van der Waals surface area contributed by atoms with E-state index in [-0.39, 0.29) is 17.6 Å². The summed E-state index contributed by atoms with van der Waals surface area (Å²) in [6.45, 7) is 0. The number of nitrogens with two attached hydrogens (primary N) is 1. The Bertz CT molecular complexity index is 813. The normalized spacial score (nSPS) is 15.6. The molecule has 1 aliphatic heterocycles. The van der Waals surface area contributed by atoms with Crippen LogP contribution >= 0.6 is 11.6 Å². The second kappa shape index (κ2) is 6.74. The van der Waals surface area contributed by atoms with Gasteiger partial charge in [-0.3, -0.25) is 10.2 Å². The zero-order chi connectivity index (χ0) is 17.1. The molecule has 2 aromatic carbocycles. The van der Waals surface area contributed by atoms with Gasteiger partial charge in [0.2, 0.25) is 5.96 Å². The summed E-state index contributed by atoms with van der Waals surface area (Å²) in [5, 5.41) is 0.582. The van der Waals surface area contributed by atoms with Crippen molar-refractivity contribution in [2.75, 3.05) is 12.0 Å². The summed E-state index contributed by atoms with van der Waals surface area (Å²) in [5.74, 6) is 6.22. The number of carbonyl (C=O) groups is 1. The molecule has 1 amide bonds. The van der Waals surface area contributed by atoms with E-state index in [2.05, 4.69) is 10.4 Å². The fraction of sp³-hybridized carbons (Fsp3) is 0.0588. The van der Waals surface area contributed by atoms with Crippen molar-refractivity contribution in [2.24, 2.45) is 10.8 Å². The number of hydrazine groups is 1. The summed E-state index contributed by atoms with van der Waals surface area (Å²) in [5.41, 5.74) is 4.19. The molecule has 0 aliphatic carbocycles. The second-order valence-electron chi connectivity index (χ2n) is 5.00. The molecule has 0 aromatic heterocycles. The molecule has 2 aromatic rings. The van der Waals surface area contributed by atoms with Gasteiger partial charge >= 0.3 is 0 Å². The van der Waals surface area contributed by atoms with Gasteiger partial charge in [0.05, 0.1) is 12.8 Å². The summed E-state index contributed by atoms with van der Waals surface area (Å²) in [6, 6.07) is 14.2. The molecule has 6 nitrogen and oxygen atoms in total. The van der Waals surface area contributed by atoms with Crippen LogP contribution in [0.15, 0.2) is 59.2 Å². The van der Waals surface area contributed by atoms with Crippen LogP contribution in [0.4, 0.5) is 5.69 Å². The molecule has 0 radical (unpaired) electrons. The SMILES string of the molecule is COc1ccc(/C=C2/N=C(NN)N(c3ccc(Cl)cc3)C2=O)cc1. The maximum Gasteiger partial charge on any atom is 0.283 e. The van der Waals surface area contributed by atoms with E-state index in [4.69, 9.17) is 22.2 Å². The van der Waals surface area contributed by atoms with E-state index in [0.29, 0.717) is 10.7 Å². The van der Waals surface area contributed by atoms with E-state index in [1.54, 1.807) is 37.5 Å². The highest BCUT2D eigenvalue weighted by Crippen LogP contribution is 2.25. The van der Waals surface area contributed by atoms with Gasteiger partial charge in [0.15, 0.2) is 0 Å². The van der Waals surface area contributed by atoms with Gasteiger partial charge in [0.25, 0.3) is 5.91 Å². The highest BCUT2D eigenvalue weighted by Gasteiger charge is 2.31. The number of rotatable bonds is 3. The van der Waals surface area contributed by atoms with Crippen molar-refractivity contribution in [2.45, 2.75) is 0 Å². The number of halogens is 1. The Kier molecular flexibility index (Phi) is 4.50. The van der Waals surface area contributed by atoms with Crippen LogP contribution < -0.4 is 20.9 Å². The lowest BCUT2D eigenvalue weighted by molar-refractivity contribution is -0.113. The van der Waals surface area contributed by atoms with Crippen molar-refractivity contribution in [3.63, 3.8) is 0 Å². The van der Waals surface area contributed by atoms with Crippen LogP contribution in [0.5, 0.6) is 5.75 Å². The van der Waals surface area contributed by atoms with E-state index in [1.807, 2.05) is 24.3 Å². The minimum atomic E-state index is -0.277. The Balaban J connectivity index is 1.93. The number of hydrogen-bond donors (Lipinski definition) is 2. The number of benzene rings is 2. The first kappa shape index (κ1) is 16.0. The monoisotopic (exact) mass is 342 g/mol. The van der Waals surface area contributed by atoms with Gasteiger partial charge in [-0.2, -0.15) is 0 Å². The lowest BCUT2D eigenvalue weighted by Crippen LogP contribution is -2.44. The molecule has 7 heteroatoms. The number of amides is 1. The maximum atomic E-state index is 12.7. The van der Waals surface area contributed by atoms with Crippen molar-refractivity contribution in [3.8, 4) is 5.75 Å². The zero-order valence-corrected chi connectivity index (χ0v) is 13.6. The molecule has 0 atom stereocenters. The lowest BCUT2D eigenvalue weighted by atomic mass is 10.2. The molecular formula is C17H15ClN4O2. The molecule has 122 valence electrons. The summed E-state index contributed by atoms with van der Waals surface area (Å²) in [4.78, 5) is 18.3. The smallest absolute Gasteiger partial charge is 0.283 e. The summed E-state index contributed by atoms with van der Waals surface area (Å²) in [7, 11) is 1.60. The number of hydrogen-bond acceptors (Lipinski definition) is 5. The lowest BCUT2D eigenvalue weighted by Gasteiger charge is -2.17. The predicted octanol–water partition coefficient (Wildman–Crippen LogP) is 2.56. The Labute approximate surface area is 144 Å². The predicted molar refractivity (Wildman–Crippen MR) is 94.7 cm³/mol. The van der Waals surface area contributed by atoms with Crippen LogP contribution in [0, 0.1) is 0 Å². The topological polar surface area (TPSA) is 80.0 Å². The molecule has 0 saturated heterocycles. The Morgan fingerprint density at radius 2 is 1.83 bits per heavy atom. The molecule has 0 unspecified atom stereocenters. The van der Waals surface area contributed by atoms with Crippen molar-refractivity contribution < 1.29 is 9.53 Å². The van der Waals surface area contributed by atoms with Gasteiger partial charge in [-0.25, -0.2) is 15.7 Å². The standard InChI is InChI=1S/C17H15ClN4O2/c1-24-14-8-2-11(3-9-14)10-15-16(23)22(17(20-15)21-19)13-6-4-12(18)5-7-13/h2-10H,19H2,1H3,(H,20,21)/b15-10+. The third-order valence-corrected chi connectivity index (χ3v) is 3.75. The number of nitrogens with one attached hydrogen (secondary N) is 1. The quantitative estimate of drug-likeness (QED) is 0.510. The number of aliphatic imine (C=N–C) groups is 1. The minimum absolute atomic E-state index is 0.252. The van der Waals surface area contributed by atoms with Gasteiger partial charge in [0, 0.05) is 5.02 Å².